The zero-order valence-electron chi connectivity index (χ0n) is 17.0. The summed E-state index contributed by atoms with van der Waals surface area (Å²) in [4.78, 5) is 0. The van der Waals surface area contributed by atoms with Gasteiger partial charge in [-0.1, -0.05) is 0 Å². The van der Waals surface area contributed by atoms with E-state index in [2.05, 4.69) is 21.5 Å². The van der Waals surface area contributed by atoms with E-state index in [1.54, 1.807) is 14.2 Å². The van der Waals surface area contributed by atoms with Crippen LogP contribution >= 0.6 is 12.2 Å². The standard InChI is InChI=1S/C22H28N4O2S/c1-27-17-3-4-19(28-2)18(10-17)23-21(29)24-20-5-6-26(25-20)22-11-14-7-15(12-22)9-16(8-14)13-22/h3-6,10,14-16H,7-9,11-13H2,1-2H3,(H2,23,24,25,29). The van der Waals surface area contributed by atoms with Gasteiger partial charge in [0.1, 0.15) is 11.5 Å². The number of ether oxygens (including phenoxy) is 2. The van der Waals surface area contributed by atoms with Crippen LogP contribution in [-0.4, -0.2) is 29.1 Å². The van der Waals surface area contributed by atoms with Crippen LogP contribution in [0.4, 0.5) is 11.5 Å². The van der Waals surface area contributed by atoms with E-state index in [0.717, 1.165) is 35.0 Å². The minimum atomic E-state index is 0.222. The highest BCUT2D eigenvalue weighted by molar-refractivity contribution is 7.80. The van der Waals surface area contributed by atoms with Crippen LogP contribution in [0, 0.1) is 17.8 Å². The SMILES string of the molecule is COc1ccc(OC)c(NC(=S)Nc2ccn(C34CC5CC(CC(C5)C3)C4)n2)c1. The third-order valence-corrected chi connectivity index (χ3v) is 7.18. The van der Waals surface area contributed by atoms with Gasteiger partial charge in [-0.2, -0.15) is 5.10 Å². The summed E-state index contributed by atoms with van der Waals surface area (Å²) in [6, 6.07) is 7.59. The number of methoxy groups -OCH3 is 2. The largest absolute Gasteiger partial charge is 0.497 e. The van der Waals surface area contributed by atoms with Gasteiger partial charge in [0.15, 0.2) is 10.9 Å². The molecule has 6 nitrogen and oxygen atoms in total. The molecule has 1 aromatic carbocycles. The summed E-state index contributed by atoms with van der Waals surface area (Å²) in [5, 5.41) is 11.8. The van der Waals surface area contributed by atoms with Crippen molar-refractivity contribution in [1.29, 1.82) is 0 Å². The number of benzene rings is 1. The van der Waals surface area contributed by atoms with E-state index in [1.807, 2.05) is 24.3 Å². The van der Waals surface area contributed by atoms with E-state index >= 15 is 0 Å². The molecule has 0 radical (unpaired) electrons. The lowest BCUT2D eigenvalue weighted by molar-refractivity contribution is -0.0492. The second-order valence-electron chi connectivity index (χ2n) is 8.93. The minimum Gasteiger partial charge on any atom is -0.497 e. The fourth-order valence-corrected chi connectivity index (χ4v) is 6.40. The number of nitrogens with zero attached hydrogens (tertiary/aromatic N) is 2. The van der Waals surface area contributed by atoms with Crippen LogP contribution in [0.1, 0.15) is 38.5 Å². The molecule has 0 saturated heterocycles. The summed E-state index contributed by atoms with van der Waals surface area (Å²) < 4.78 is 12.9. The molecule has 6 rings (SSSR count). The van der Waals surface area contributed by atoms with Gasteiger partial charge in [0, 0.05) is 18.3 Å². The average Bonchev–Trinajstić information content (AvgIpc) is 3.16. The molecule has 7 heteroatoms. The van der Waals surface area contributed by atoms with Crippen molar-refractivity contribution in [2.45, 2.75) is 44.1 Å². The smallest absolute Gasteiger partial charge is 0.176 e. The maximum Gasteiger partial charge on any atom is 0.176 e. The lowest BCUT2D eigenvalue weighted by Crippen LogP contribution is -2.52. The monoisotopic (exact) mass is 412 g/mol. The van der Waals surface area contributed by atoms with Gasteiger partial charge in [0.2, 0.25) is 0 Å². The van der Waals surface area contributed by atoms with Gasteiger partial charge < -0.3 is 20.1 Å². The number of aromatic nitrogens is 2. The van der Waals surface area contributed by atoms with Gasteiger partial charge in [0.05, 0.1) is 25.4 Å². The van der Waals surface area contributed by atoms with Crippen molar-refractivity contribution in [3.8, 4) is 11.5 Å². The number of hydrogen-bond donors (Lipinski definition) is 2. The molecule has 4 aliphatic rings. The summed E-state index contributed by atoms with van der Waals surface area (Å²) in [7, 11) is 3.27. The zero-order chi connectivity index (χ0) is 20.0. The lowest BCUT2D eigenvalue weighted by Gasteiger charge is -2.56. The Hall–Kier alpha value is -2.28. The van der Waals surface area contributed by atoms with E-state index in [-0.39, 0.29) is 5.54 Å². The first kappa shape index (κ1) is 18.7. The molecule has 29 heavy (non-hydrogen) atoms. The van der Waals surface area contributed by atoms with Crippen molar-refractivity contribution in [1.82, 2.24) is 9.78 Å². The first-order valence-corrected chi connectivity index (χ1v) is 10.8. The second-order valence-corrected chi connectivity index (χ2v) is 9.34. The molecule has 4 aliphatic carbocycles. The Morgan fingerprint density at radius 3 is 2.34 bits per heavy atom. The van der Waals surface area contributed by atoms with Crippen molar-refractivity contribution in [2.75, 3.05) is 24.9 Å². The van der Waals surface area contributed by atoms with E-state index in [0.29, 0.717) is 10.9 Å². The van der Waals surface area contributed by atoms with Gasteiger partial charge in [-0.25, -0.2) is 0 Å². The maximum atomic E-state index is 5.51. The van der Waals surface area contributed by atoms with Crippen LogP contribution in [-0.2, 0) is 5.54 Å². The molecule has 2 aromatic rings. The Labute approximate surface area is 177 Å². The predicted octanol–water partition coefficient (Wildman–Crippen LogP) is 4.63. The van der Waals surface area contributed by atoms with Gasteiger partial charge in [-0.15, -0.1) is 0 Å². The minimum absolute atomic E-state index is 0.222. The predicted molar refractivity (Wildman–Crippen MR) is 118 cm³/mol. The van der Waals surface area contributed by atoms with E-state index in [1.165, 1.54) is 38.5 Å². The fourth-order valence-electron chi connectivity index (χ4n) is 6.18. The molecule has 4 saturated carbocycles. The first-order valence-electron chi connectivity index (χ1n) is 10.4. The summed E-state index contributed by atoms with van der Waals surface area (Å²) in [6.07, 6.45) is 10.3. The van der Waals surface area contributed by atoms with Crippen molar-refractivity contribution >= 4 is 28.8 Å². The van der Waals surface area contributed by atoms with Crippen molar-refractivity contribution in [2.24, 2.45) is 17.8 Å². The molecular formula is C22H28N4O2S. The zero-order valence-corrected chi connectivity index (χ0v) is 17.8. The van der Waals surface area contributed by atoms with Crippen LogP contribution in [0.25, 0.3) is 0 Å². The molecule has 0 atom stereocenters. The molecule has 4 bridgehead atoms. The quantitative estimate of drug-likeness (QED) is 0.698. The molecule has 154 valence electrons. The summed E-state index contributed by atoms with van der Waals surface area (Å²) in [6.45, 7) is 0. The van der Waals surface area contributed by atoms with Crippen LogP contribution in [0.15, 0.2) is 30.5 Å². The topological polar surface area (TPSA) is 60.3 Å². The molecule has 4 fully saturated rings. The fraction of sp³-hybridized carbons (Fsp3) is 0.545. The molecule has 1 heterocycles. The molecule has 0 unspecified atom stereocenters. The number of rotatable bonds is 5. The second kappa shape index (κ2) is 7.20. The van der Waals surface area contributed by atoms with Crippen molar-refractivity contribution < 1.29 is 9.47 Å². The van der Waals surface area contributed by atoms with Gasteiger partial charge in [-0.3, -0.25) is 4.68 Å². The van der Waals surface area contributed by atoms with E-state index in [4.69, 9.17) is 26.8 Å². The number of anilines is 2. The van der Waals surface area contributed by atoms with Gasteiger partial charge >= 0.3 is 0 Å². The molecule has 1 aromatic heterocycles. The molecule has 0 aliphatic heterocycles. The first-order chi connectivity index (χ1) is 14.1. The average molecular weight is 413 g/mol. The normalized spacial score (nSPS) is 29.5. The Balaban J connectivity index is 1.29. The Morgan fingerprint density at radius 2 is 1.72 bits per heavy atom. The van der Waals surface area contributed by atoms with Crippen LogP contribution in [0.2, 0.25) is 0 Å². The highest BCUT2D eigenvalue weighted by Gasteiger charge is 2.52. The Morgan fingerprint density at radius 1 is 1.03 bits per heavy atom. The third-order valence-electron chi connectivity index (χ3n) is 6.98. The van der Waals surface area contributed by atoms with Crippen molar-refractivity contribution in [3.05, 3.63) is 30.5 Å². The highest BCUT2D eigenvalue weighted by Crippen LogP contribution is 2.58. The lowest BCUT2D eigenvalue weighted by atomic mass is 9.53. The van der Waals surface area contributed by atoms with Gasteiger partial charge in [0.25, 0.3) is 0 Å². The third kappa shape index (κ3) is 3.45. The summed E-state index contributed by atoms with van der Waals surface area (Å²) >= 11 is 5.51. The Bertz CT molecular complexity index is 890. The number of thiocarbonyl (C=S) groups is 1. The maximum absolute atomic E-state index is 5.51. The highest BCUT2D eigenvalue weighted by atomic mass is 32.1. The molecule has 2 N–H and O–H groups in total. The molecule has 0 spiro atoms. The summed E-state index contributed by atoms with van der Waals surface area (Å²) in [5.41, 5.74) is 0.976. The van der Waals surface area contributed by atoms with E-state index < -0.39 is 0 Å². The van der Waals surface area contributed by atoms with Crippen LogP contribution in [0.3, 0.4) is 0 Å². The molecular weight excluding hydrogens is 384 g/mol. The van der Waals surface area contributed by atoms with Crippen LogP contribution in [0.5, 0.6) is 11.5 Å². The van der Waals surface area contributed by atoms with Gasteiger partial charge in [-0.05, 0) is 80.6 Å². The Kier molecular flexibility index (Phi) is 4.65. The number of nitrogens with one attached hydrogen (secondary N) is 2. The van der Waals surface area contributed by atoms with Crippen LogP contribution < -0.4 is 20.1 Å². The van der Waals surface area contributed by atoms with Crippen molar-refractivity contribution in [3.63, 3.8) is 0 Å². The summed E-state index contributed by atoms with van der Waals surface area (Å²) in [5.74, 6) is 4.90. The van der Waals surface area contributed by atoms with E-state index in [9.17, 15) is 0 Å². The number of hydrogen-bond acceptors (Lipinski definition) is 4. The molecule has 0 amide bonds.